The van der Waals surface area contributed by atoms with Gasteiger partial charge < -0.3 is 15.1 Å². The number of piperazine rings is 1. The Kier molecular flexibility index (Phi) is 5.48. The predicted molar refractivity (Wildman–Crippen MR) is 100 cm³/mol. The number of rotatable bonds is 5. The summed E-state index contributed by atoms with van der Waals surface area (Å²) in [5.41, 5.74) is 2.96. The zero-order valence-corrected chi connectivity index (χ0v) is 14.9. The van der Waals surface area contributed by atoms with Crippen molar-refractivity contribution in [1.82, 2.24) is 15.3 Å². The highest BCUT2D eigenvalue weighted by Gasteiger charge is 2.20. The van der Waals surface area contributed by atoms with E-state index in [0.29, 0.717) is 18.2 Å². The minimum Gasteiger partial charge on any atom is -0.368 e. The normalized spacial score (nSPS) is 14.5. The van der Waals surface area contributed by atoms with Crippen molar-refractivity contribution in [2.45, 2.75) is 20.3 Å². The molecule has 2 heterocycles. The Labute approximate surface area is 148 Å². The summed E-state index contributed by atoms with van der Waals surface area (Å²) >= 11 is 0. The maximum Gasteiger partial charge on any atom is 0.270 e. The Morgan fingerprint density at radius 2 is 1.92 bits per heavy atom. The van der Waals surface area contributed by atoms with E-state index in [1.165, 1.54) is 11.3 Å². The molecule has 25 heavy (non-hydrogen) atoms. The van der Waals surface area contributed by atoms with E-state index in [-0.39, 0.29) is 5.91 Å². The fourth-order valence-electron chi connectivity index (χ4n) is 2.95. The summed E-state index contributed by atoms with van der Waals surface area (Å²) < 4.78 is 0. The SMILES string of the molecule is CCCNC(=O)c1ccnc(N2CCN(c3cccc(C)c3)CC2)n1. The lowest BCUT2D eigenvalue weighted by Gasteiger charge is -2.36. The molecule has 0 aliphatic carbocycles. The van der Waals surface area contributed by atoms with Crippen molar-refractivity contribution in [3.8, 4) is 0 Å². The van der Waals surface area contributed by atoms with Crippen LogP contribution >= 0.6 is 0 Å². The van der Waals surface area contributed by atoms with Gasteiger partial charge in [0, 0.05) is 44.6 Å². The summed E-state index contributed by atoms with van der Waals surface area (Å²) in [6.45, 7) is 8.31. The van der Waals surface area contributed by atoms with Gasteiger partial charge in [-0.3, -0.25) is 4.79 Å². The van der Waals surface area contributed by atoms with Crippen LogP contribution in [0, 0.1) is 6.92 Å². The van der Waals surface area contributed by atoms with Gasteiger partial charge in [0.1, 0.15) is 5.69 Å². The molecule has 1 saturated heterocycles. The first-order valence-corrected chi connectivity index (χ1v) is 8.85. The Morgan fingerprint density at radius 3 is 2.64 bits per heavy atom. The summed E-state index contributed by atoms with van der Waals surface area (Å²) in [6.07, 6.45) is 2.57. The molecule has 0 atom stereocenters. The maximum atomic E-state index is 12.1. The van der Waals surface area contributed by atoms with E-state index >= 15 is 0 Å². The number of amides is 1. The van der Waals surface area contributed by atoms with Crippen LogP contribution in [0.15, 0.2) is 36.5 Å². The van der Waals surface area contributed by atoms with Crippen molar-refractivity contribution in [3.63, 3.8) is 0 Å². The monoisotopic (exact) mass is 339 g/mol. The standard InChI is InChI=1S/C19H25N5O/c1-3-8-20-18(25)17-7-9-21-19(22-17)24-12-10-23(11-13-24)16-6-4-5-15(2)14-16/h4-7,9,14H,3,8,10-13H2,1-2H3,(H,20,25). The van der Waals surface area contributed by atoms with E-state index < -0.39 is 0 Å². The first-order valence-electron chi connectivity index (χ1n) is 8.85. The van der Waals surface area contributed by atoms with Gasteiger partial charge in [-0.1, -0.05) is 19.1 Å². The number of nitrogens with zero attached hydrogens (tertiary/aromatic N) is 4. The predicted octanol–water partition coefficient (Wildman–Crippen LogP) is 2.25. The Hall–Kier alpha value is -2.63. The lowest BCUT2D eigenvalue weighted by molar-refractivity contribution is 0.0948. The van der Waals surface area contributed by atoms with Crippen LogP contribution < -0.4 is 15.1 Å². The van der Waals surface area contributed by atoms with E-state index in [9.17, 15) is 4.79 Å². The zero-order valence-electron chi connectivity index (χ0n) is 14.9. The van der Waals surface area contributed by atoms with Gasteiger partial charge in [-0.25, -0.2) is 9.97 Å². The fourth-order valence-corrected chi connectivity index (χ4v) is 2.95. The number of benzene rings is 1. The van der Waals surface area contributed by atoms with Gasteiger partial charge >= 0.3 is 0 Å². The number of aryl methyl sites for hydroxylation is 1. The fraction of sp³-hybridized carbons (Fsp3) is 0.421. The molecule has 1 aromatic carbocycles. The van der Waals surface area contributed by atoms with E-state index in [1.807, 2.05) is 6.92 Å². The number of carbonyl (C=O) groups is 1. The topological polar surface area (TPSA) is 61.4 Å². The maximum absolute atomic E-state index is 12.1. The average molecular weight is 339 g/mol. The highest BCUT2D eigenvalue weighted by atomic mass is 16.1. The second-order valence-corrected chi connectivity index (χ2v) is 6.31. The number of hydrogen-bond acceptors (Lipinski definition) is 5. The second-order valence-electron chi connectivity index (χ2n) is 6.31. The third-order valence-electron chi connectivity index (χ3n) is 4.34. The average Bonchev–Trinajstić information content (AvgIpc) is 2.66. The first-order chi connectivity index (χ1) is 12.2. The molecule has 132 valence electrons. The van der Waals surface area contributed by atoms with Crippen LogP contribution in [0.2, 0.25) is 0 Å². The van der Waals surface area contributed by atoms with Gasteiger partial charge in [-0.05, 0) is 37.1 Å². The van der Waals surface area contributed by atoms with Crippen LogP contribution in [0.1, 0.15) is 29.4 Å². The van der Waals surface area contributed by atoms with Crippen molar-refractivity contribution in [3.05, 3.63) is 47.8 Å². The van der Waals surface area contributed by atoms with Gasteiger partial charge in [0.05, 0.1) is 0 Å². The van der Waals surface area contributed by atoms with Crippen LogP contribution in [0.3, 0.4) is 0 Å². The molecule has 0 bridgehead atoms. The summed E-state index contributed by atoms with van der Waals surface area (Å²) in [5, 5.41) is 2.86. The smallest absolute Gasteiger partial charge is 0.270 e. The molecule has 1 fully saturated rings. The Morgan fingerprint density at radius 1 is 1.16 bits per heavy atom. The number of hydrogen-bond donors (Lipinski definition) is 1. The van der Waals surface area contributed by atoms with Crippen molar-refractivity contribution in [2.75, 3.05) is 42.5 Å². The van der Waals surface area contributed by atoms with Crippen LogP contribution in [0.5, 0.6) is 0 Å². The quantitative estimate of drug-likeness (QED) is 0.905. The number of anilines is 2. The highest BCUT2D eigenvalue weighted by Crippen LogP contribution is 2.19. The molecular weight excluding hydrogens is 314 g/mol. The molecule has 0 saturated carbocycles. The molecule has 0 unspecified atom stereocenters. The summed E-state index contributed by atoms with van der Waals surface area (Å²) in [7, 11) is 0. The number of aromatic nitrogens is 2. The minimum atomic E-state index is -0.135. The molecular formula is C19H25N5O. The van der Waals surface area contributed by atoms with Gasteiger partial charge in [-0.15, -0.1) is 0 Å². The molecule has 0 radical (unpaired) electrons. The molecule has 6 nitrogen and oxygen atoms in total. The molecule has 1 aliphatic rings. The third-order valence-corrected chi connectivity index (χ3v) is 4.34. The summed E-state index contributed by atoms with van der Waals surface area (Å²) in [4.78, 5) is 25.4. The van der Waals surface area contributed by atoms with Crippen molar-refractivity contribution in [2.24, 2.45) is 0 Å². The first kappa shape index (κ1) is 17.2. The second kappa shape index (κ2) is 7.96. The zero-order chi connectivity index (χ0) is 17.6. The summed E-state index contributed by atoms with van der Waals surface area (Å²) in [6, 6.07) is 10.2. The van der Waals surface area contributed by atoms with Crippen molar-refractivity contribution >= 4 is 17.5 Å². The third kappa shape index (κ3) is 4.26. The molecule has 1 N–H and O–H groups in total. The van der Waals surface area contributed by atoms with Gasteiger partial charge in [0.15, 0.2) is 0 Å². The van der Waals surface area contributed by atoms with E-state index in [4.69, 9.17) is 0 Å². The van der Waals surface area contributed by atoms with E-state index in [2.05, 4.69) is 56.3 Å². The number of nitrogens with one attached hydrogen (secondary N) is 1. The molecule has 1 aromatic heterocycles. The van der Waals surface area contributed by atoms with E-state index in [1.54, 1.807) is 12.3 Å². The van der Waals surface area contributed by atoms with Crippen LogP contribution in [-0.2, 0) is 0 Å². The molecule has 6 heteroatoms. The van der Waals surface area contributed by atoms with Gasteiger partial charge in [-0.2, -0.15) is 0 Å². The van der Waals surface area contributed by atoms with Crippen LogP contribution in [0.25, 0.3) is 0 Å². The minimum absolute atomic E-state index is 0.135. The largest absolute Gasteiger partial charge is 0.368 e. The highest BCUT2D eigenvalue weighted by molar-refractivity contribution is 5.92. The molecule has 0 spiro atoms. The molecule has 2 aromatic rings. The molecule has 1 amide bonds. The van der Waals surface area contributed by atoms with Crippen molar-refractivity contribution < 1.29 is 4.79 Å². The lowest BCUT2D eigenvalue weighted by atomic mass is 10.2. The summed E-state index contributed by atoms with van der Waals surface area (Å²) in [5.74, 6) is 0.497. The number of carbonyl (C=O) groups excluding carboxylic acids is 1. The molecule has 1 aliphatic heterocycles. The van der Waals surface area contributed by atoms with E-state index in [0.717, 1.165) is 32.6 Å². The Balaban J connectivity index is 1.64. The van der Waals surface area contributed by atoms with Gasteiger partial charge in [0.25, 0.3) is 5.91 Å². The van der Waals surface area contributed by atoms with Gasteiger partial charge in [0.2, 0.25) is 5.95 Å². The molecule has 3 rings (SSSR count). The lowest BCUT2D eigenvalue weighted by Crippen LogP contribution is -2.47. The van der Waals surface area contributed by atoms with Crippen LogP contribution in [-0.4, -0.2) is 48.6 Å². The Bertz CT molecular complexity index is 725. The van der Waals surface area contributed by atoms with Crippen molar-refractivity contribution in [1.29, 1.82) is 0 Å². The van der Waals surface area contributed by atoms with Crippen LogP contribution in [0.4, 0.5) is 11.6 Å².